The molecule has 8 nitrogen and oxygen atoms in total. The first kappa shape index (κ1) is 20.6. The lowest BCUT2D eigenvalue weighted by Crippen LogP contribution is -2.29. The largest absolute Gasteiger partial charge is 0.489 e. The Bertz CT molecular complexity index is 1140. The van der Waals surface area contributed by atoms with Crippen LogP contribution in [0.25, 0.3) is 0 Å². The number of tetrazole rings is 1. The molecule has 0 fully saturated rings. The van der Waals surface area contributed by atoms with E-state index in [1.807, 2.05) is 48.5 Å². The third-order valence-corrected chi connectivity index (χ3v) is 5.01. The number of fused-ring (bicyclic) bond motifs is 1. The molecule has 2 aromatic carbocycles. The zero-order valence-electron chi connectivity index (χ0n) is 16.8. The highest BCUT2D eigenvalue weighted by Crippen LogP contribution is 2.36. The number of carbonyl (C=O) groups excluding carboxylic acids is 1. The summed E-state index contributed by atoms with van der Waals surface area (Å²) in [5.41, 5.74) is 2.81. The van der Waals surface area contributed by atoms with Gasteiger partial charge in [-0.25, -0.2) is 4.79 Å². The van der Waals surface area contributed by atoms with E-state index in [0.717, 1.165) is 11.1 Å². The first-order valence-corrected chi connectivity index (χ1v) is 9.95. The summed E-state index contributed by atoms with van der Waals surface area (Å²) >= 11 is 5.94. The van der Waals surface area contributed by atoms with Gasteiger partial charge in [0, 0.05) is 10.7 Å². The maximum atomic E-state index is 12.8. The van der Waals surface area contributed by atoms with Crippen LogP contribution in [0.1, 0.15) is 24.1 Å². The van der Waals surface area contributed by atoms with Crippen molar-refractivity contribution in [3.63, 3.8) is 0 Å². The Morgan fingerprint density at radius 3 is 2.87 bits per heavy atom. The maximum Gasteiger partial charge on any atom is 0.338 e. The predicted octanol–water partition coefficient (Wildman–Crippen LogP) is 3.92. The number of anilines is 1. The average molecular weight is 438 g/mol. The van der Waals surface area contributed by atoms with E-state index in [0.29, 0.717) is 34.6 Å². The highest BCUT2D eigenvalue weighted by Gasteiger charge is 2.35. The minimum atomic E-state index is -0.567. The number of rotatable bonds is 7. The van der Waals surface area contributed by atoms with Gasteiger partial charge < -0.3 is 14.8 Å². The van der Waals surface area contributed by atoms with Crippen molar-refractivity contribution in [2.24, 2.45) is 0 Å². The van der Waals surface area contributed by atoms with Crippen LogP contribution in [0.3, 0.4) is 0 Å². The molecule has 9 heteroatoms. The van der Waals surface area contributed by atoms with Gasteiger partial charge in [-0.3, -0.25) is 0 Å². The number of allylic oxidation sites excluding steroid dienone is 1. The van der Waals surface area contributed by atoms with Gasteiger partial charge in [-0.15, -0.1) is 0 Å². The number of esters is 1. The second-order valence-electron chi connectivity index (χ2n) is 6.89. The highest BCUT2D eigenvalue weighted by molar-refractivity contribution is 6.30. The molecule has 1 N–H and O–H groups in total. The van der Waals surface area contributed by atoms with Crippen molar-refractivity contribution in [1.29, 1.82) is 0 Å². The monoisotopic (exact) mass is 437 g/mol. The summed E-state index contributed by atoms with van der Waals surface area (Å²) in [5, 5.41) is 15.5. The fraction of sp³-hybridized carbons (Fsp3) is 0.182. The molecule has 0 spiro atoms. The molecule has 0 saturated carbocycles. The molecule has 1 aliphatic heterocycles. The third-order valence-electron chi connectivity index (χ3n) is 4.76. The van der Waals surface area contributed by atoms with Gasteiger partial charge in [-0.1, -0.05) is 53.6 Å². The lowest BCUT2D eigenvalue weighted by molar-refractivity contribution is -0.138. The van der Waals surface area contributed by atoms with Crippen LogP contribution in [0.5, 0.6) is 5.75 Å². The van der Waals surface area contributed by atoms with Gasteiger partial charge in [0.15, 0.2) is 0 Å². The third kappa shape index (κ3) is 4.44. The smallest absolute Gasteiger partial charge is 0.338 e. The molecule has 0 radical (unpaired) electrons. The van der Waals surface area contributed by atoms with Gasteiger partial charge in [0.05, 0.1) is 5.57 Å². The Balaban J connectivity index is 1.64. The Morgan fingerprint density at radius 1 is 1.29 bits per heavy atom. The van der Waals surface area contributed by atoms with Crippen LogP contribution in [0, 0.1) is 0 Å². The zero-order valence-corrected chi connectivity index (χ0v) is 17.5. The Kier molecular flexibility index (Phi) is 5.99. The van der Waals surface area contributed by atoms with E-state index >= 15 is 0 Å². The van der Waals surface area contributed by atoms with Crippen LogP contribution in [-0.2, 0) is 16.1 Å². The second kappa shape index (κ2) is 9.01. The molecule has 1 unspecified atom stereocenters. The van der Waals surface area contributed by atoms with Gasteiger partial charge in [-0.05, 0) is 52.7 Å². The lowest BCUT2D eigenvalue weighted by Gasteiger charge is -2.27. The molecular formula is C22H20ClN5O3. The number of benzene rings is 2. The molecule has 0 aliphatic carbocycles. The highest BCUT2D eigenvalue weighted by atomic mass is 35.5. The first-order chi connectivity index (χ1) is 15.1. The normalized spacial score (nSPS) is 15.1. The SMILES string of the molecule is C=CCOC(=O)C1=C(C)Nc2nnnn2C1c1cccc(OCc2ccc(Cl)cc2)c1. The van der Waals surface area contributed by atoms with E-state index in [1.165, 1.54) is 6.08 Å². The number of halogens is 1. The molecule has 3 aromatic rings. The van der Waals surface area contributed by atoms with E-state index in [-0.39, 0.29) is 6.61 Å². The minimum absolute atomic E-state index is 0.106. The molecule has 1 aliphatic rings. The first-order valence-electron chi connectivity index (χ1n) is 9.57. The summed E-state index contributed by atoms with van der Waals surface area (Å²) in [4.78, 5) is 12.8. The molecule has 1 aromatic heterocycles. The number of ether oxygens (including phenoxy) is 2. The molecule has 1 atom stereocenters. The van der Waals surface area contributed by atoms with E-state index in [4.69, 9.17) is 21.1 Å². The molecule has 158 valence electrons. The number of hydrogen-bond donors (Lipinski definition) is 1. The fourth-order valence-electron chi connectivity index (χ4n) is 3.32. The number of nitrogens with one attached hydrogen (secondary N) is 1. The summed E-state index contributed by atoms with van der Waals surface area (Å²) < 4.78 is 12.8. The summed E-state index contributed by atoms with van der Waals surface area (Å²) in [6.45, 7) is 5.87. The summed E-state index contributed by atoms with van der Waals surface area (Å²) in [5.74, 6) is 0.621. The van der Waals surface area contributed by atoms with E-state index in [9.17, 15) is 4.79 Å². The van der Waals surface area contributed by atoms with Crippen molar-refractivity contribution in [3.05, 3.63) is 88.6 Å². The predicted molar refractivity (Wildman–Crippen MR) is 116 cm³/mol. The van der Waals surface area contributed by atoms with Crippen LogP contribution in [0.2, 0.25) is 5.02 Å². The van der Waals surface area contributed by atoms with Crippen molar-refractivity contribution in [2.75, 3.05) is 11.9 Å². The topological polar surface area (TPSA) is 91.2 Å². The molecule has 0 saturated heterocycles. The lowest BCUT2D eigenvalue weighted by atomic mass is 9.95. The van der Waals surface area contributed by atoms with Crippen molar-refractivity contribution in [1.82, 2.24) is 20.2 Å². The van der Waals surface area contributed by atoms with Crippen LogP contribution < -0.4 is 10.1 Å². The van der Waals surface area contributed by atoms with Gasteiger partial charge in [0.2, 0.25) is 5.95 Å². The number of carbonyl (C=O) groups is 1. The van der Waals surface area contributed by atoms with Crippen LogP contribution >= 0.6 is 11.6 Å². The summed E-state index contributed by atoms with van der Waals surface area (Å²) in [7, 11) is 0. The fourth-order valence-corrected chi connectivity index (χ4v) is 3.44. The van der Waals surface area contributed by atoms with Crippen molar-refractivity contribution in [3.8, 4) is 5.75 Å². The minimum Gasteiger partial charge on any atom is -0.489 e. The van der Waals surface area contributed by atoms with Gasteiger partial charge >= 0.3 is 5.97 Å². The second-order valence-corrected chi connectivity index (χ2v) is 7.32. The van der Waals surface area contributed by atoms with Crippen LogP contribution in [0.4, 0.5) is 5.95 Å². The van der Waals surface area contributed by atoms with Crippen molar-refractivity contribution >= 4 is 23.5 Å². The van der Waals surface area contributed by atoms with Crippen LogP contribution in [0.15, 0.2) is 72.5 Å². The van der Waals surface area contributed by atoms with Crippen molar-refractivity contribution < 1.29 is 14.3 Å². The van der Waals surface area contributed by atoms with Gasteiger partial charge in [-0.2, -0.15) is 4.68 Å². The van der Waals surface area contributed by atoms with E-state index < -0.39 is 12.0 Å². The number of hydrogen-bond acceptors (Lipinski definition) is 7. The zero-order chi connectivity index (χ0) is 21.8. The Morgan fingerprint density at radius 2 is 2.10 bits per heavy atom. The molecule has 0 amide bonds. The Hall–Kier alpha value is -3.65. The molecular weight excluding hydrogens is 418 g/mol. The van der Waals surface area contributed by atoms with Gasteiger partial charge in [0.25, 0.3) is 0 Å². The molecule has 2 heterocycles. The van der Waals surface area contributed by atoms with Crippen LogP contribution in [-0.4, -0.2) is 32.8 Å². The van der Waals surface area contributed by atoms with Crippen molar-refractivity contribution in [2.45, 2.75) is 19.6 Å². The average Bonchev–Trinajstić information content (AvgIpc) is 3.24. The molecule has 4 rings (SSSR count). The molecule has 31 heavy (non-hydrogen) atoms. The maximum absolute atomic E-state index is 12.8. The Labute approximate surface area is 184 Å². The van der Waals surface area contributed by atoms with Gasteiger partial charge in [0.1, 0.15) is 25.0 Å². The number of nitrogens with zero attached hydrogens (tertiary/aromatic N) is 4. The summed E-state index contributed by atoms with van der Waals surface area (Å²) in [6, 6.07) is 14.4. The summed E-state index contributed by atoms with van der Waals surface area (Å²) in [6.07, 6.45) is 1.52. The number of aromatic nitrogens is 4. The quantitative estimate of drug-likeness (QED) is 0.442. The van der Waals surface area contributed by atoms with E-state index in [2.05, 4.69) is 27.4 Å². The van der Waals surface area contributed by atoms with E-state index in [1.54, 1.807) is 11.6 Å². The molecule has 0 bridgehead atoms. The standard InChI is InChI=1S/C22H20ClN5O3/c1-3-11-30-21(29)19-14(2)24-22-25-26-27-28(22)20(19)16-5-4-6-18(12-16)31-13-15-7-9-17(23)10-8-15/h3-10,12,20H,1,11,13H2,2H3,(H,24,25,27).